The number of rotatable bonds is 3. The summed E-state index contributed by atoms with van der Waals surface area (Å²) < 4.78 is 40.5. The van der Waals surface area contributed by atoms with Crippen molar-refractivity contribution in [1.82, 2.24) is 9.29 Å². The summed E-state index contributed by atoms with van der Waals surface area (Å²) in [5.74, 6) is -0.523. The highest BCUT2D eigenvalue weighted by Gasteiger charge is 2.43. The van der Waals surface area contributed by atoms with Gasteiger partial charge < -0.3 is 4.90 Å². The van der Waals surface area contributed by atoms with Crippen LogP contribution >= 0.6 is 11.6 Å². The van der Waals surface area contributed by atoms with E-state index in [0.29, 0.717) is 24.2 Å². The number of hydrogen-bond acceptors (Lipinski definition) is 4. The summed E-state index contributed by atoms with van der Waals surface area (Å²) in [4.78, 5) is 5.30. The van der Waals surface area contributed by atoms with E-state index in [1.165, 1.54) is 10.4 Å². The van der Waals surface area contributed by atoms with Gasteiger partial charge in [0, 0.05) is 12.3 Å². The molecule has 1 saturated carbocycles. The molecule has 1 aliphatic carbocycles. The Labute approximate surface area is 138 Å². The molecule has 0 N–H and O–H groups in total. The largest absolute Gasteiger partial charge is 0.312 e. The van der Waals surface area contributed by atoms with Crippen molar-refractivity contribution in [2.75, 3.05) is 11.4 Å². The minimum Gasteiger partial charge on any atom is -0.312 e. The molecule has 0 saturated heterocycles. The Kier molecular flexibility index (Phi) is 3.24. The highest BCUT2D eigenvalue weighted by atomic mass is 35.5. The normalized spacial score (nSPS) is 20.4. The van der Waals surface area contributed by atoms with Gasteiger partial charge in [-0.05, 0) is 31.1 Å². The van der Waals surface area contributed by atoms with Gasteiger partial charge in [0.25, 0.3) is 0 Å². The third-order valence-corrected chi connectivity index (χ3v) is 6.53. The Hall–Kier alpha value is -1.86. The highest BCUT2D eigenvalue weighted by molar-refractivity contribution is 7.90. The van der Waals surface area contributed by atoms with Gasteiger partial charge in [-0.25, -0.2) is 17.8 Å². The number of hydrogen-bond donors (Lipinski definition) is 0. The van der Waals surface area contributed by atoms with Crippen LogP contribution < -0.4 is 4.90 Å². The summed E-state index contributed by atoms with van der Waals surface area (Å²) in [5.41, 5.74) is 1.44. The van der Waals surface area contributed by atoms with Gasteiger partial charge in [-0.2, -0.15) is 0 Å². The van der Waals surface area contributed by atoms with Crippen molar-refractivity contribution < 1.29 is 12.8 Å². The van der Waals surface area contributed by atoms with Crippen LogP contribution in [0, 0.1) is 5.82 Å². The zero-order valence-corrected chi connectivity index (χ0v) is 13.6. The Bertz CT molecular complexity index is 875. The second-order valence-corrected chi connectivity index (χ2v) is 8.11. The zero-order chi connectivity index (χ0) is 16.2. The van der Waals surface area contributed by atoms with E-state index in [1.807, 2.05) is 0 Å². The fourth-order valence-electron chi connectivity index (χ4n) is 2.78. The Morgan fingerprint density at radius 2 is 2.09 bits per heavy atom. The van der Waals surface area contributed by atoms with E-state index in [0.717, 1.165) is 6.20 Å². The Morgan fingerprint density at radius 1 is 1.30 bits per heavy atom. The number of sulfonamides is 1. The van der Waals surface area contributed by atoms with E-state index in [-0.39, 0.29) is 22.6 Å². The quantitative estimate of drug-likeness (QED) is 0.784. The molecule has 1 aromatic heterocycles. The Balaban J connectivity index is 1.72. The summed E-state index contributed by atoms with van der Waals surface area (Å²) >= 11 is 5.86. The minimum absolute atomic E-state index is 0.173. The van der Waals surface area contributed by atoms with Crippen molar-refractivity contribution in [3.8, 4) is 0 Å². The van der Waals surface area contributed by atoms with Crippen molar-refractivity contribution in [2.24, 2.45) is 0 Å². The van der Waals surface area contributed by atoms with Crippen molar-refractivity contribution in [3.63, 3.8) is 0 Å². The molecule has 0 radical (unpaired) electrons. The fourth-order valence-corrected chi connectivity index (χ4v) is 4.73. The van der Waals surface area contributed by atoms with Gasteiger partial charge in [-0.1, -0.05) is 11.6 Å². The number of allylic oxidation sites excluding steroid dienone is 2. The molecule has 0 unspecified atom stereocenters. The lowest BCUT2D eigenvalue weighted by atomic mass is 10.2. The van der Waals surface area contributed by atoms with E-state index >= 15 is 0 Å². The van der Waals surface area contributed by atoms with Crippen LogP contribution in [0.1, 0.15) is 12.8 Å². The smallest absolute Gasteiger partial charge is 0.238 e. The molecule has 4 rings (SSSR count). The molecule has 0 amide bonds. The highest BCUT2D eigenvalue weighted by Crippen LogP contribution is 2.40. The number of fused-ring (bicyclic) bond motifs is 1. The molecule has 0 spiro atoms. The second kappa shape index (κ2) is 5.07. The average Bonchev–Trinajstić information content (AvgIpc) is 3.29. The molecule has 0 bridgehead atoms. The molecular formula is C15H13ClFN3O2S. The van der Waals surface area contributed by atoms with Crippen LogP contribution in [0.5, 0.6) is 0 Å². The predicted molar refractivity (Wildman–Crippen MR) is 85.6 cm³/mol. The molecule has 1 fully saturated rings. The average molecular weight is 354 g/mol. The number of anilines is 1. The monoisotopic (exact) mass is 353 g/mol. The van der Waals surface area contributed by atoms with Gasteiger partial charge in [-0.3, -0.25) is 4.31 Å². The maximum atomic E-state index is 14.1. The third kappa shape index (κ3) is 2.35. The SMILES string of the molecule is O=S(=O)(C1CC1)N1CC=C2C1=CC=CN2c1cc(Cl)ncc1F. The molecule has 1 aromatic rings. The maximum Gasteiger partial charge on any atom is 0.238 e. The molecule has 0 aromatic carbocycles. The van der Waals surface area contributed by atoms with E-state index in [9.17, 15) is 12.8 Å². The summed E-state index contributed by atoms with van der Waals surface area (Å²) in [6, 6.07) is 1.42. The third-order valence-electron chi connectivity index (χ3n) is 4.04. The van der Waals surface area contributed by atoms with Crippen molar-refractivity contribution in [3.05, 3.63) is 59.1 Å². The molecule has 5 nitrogen and oxygen atoms in total. The lowest BCUT2D eigenvalue weighted by Gasteiger charge is -2.29. The molecule has 3 heterocycles. The molecule has 23 heavy (non-hydrogen) atoms. The van der Waals surface area contributed by atoms with Crippen molar-refractivity contribution in [1.29, 1.82) is 0 Å². The molecule has 0 atom stereocenters. The van der Waals surface area contributed by atoms with Crippen LogP contribution in [0.25, 0.3) is 0 Å². The molecule has 3 aliphatic rings. The van der Waals surface area contributed by atoms with Crippen LogP contribution in [0.3, 0.4) is 0 Å². The van der Waals surface area contributed by atoms with Gasteiger partial charge in [0.2, 0.25) is 10.0 Å². The zero-order valence-electron chi connectivity index (χ0n) is 12.0. The number of nitrogens with zero attached hydrogens (tertiary/aromatic N) is 3. The summed E-state index contributed by atoms with van der Waals surface area (Å²) in [6.07, 6.45) is 9.35. The number of pyridine rings is 1. The minimum atomic E-state index is -3.34. The molecule has 120 valence electrons. The molecular weight excluding hydrogens is 341 g/mol. The maximum absolute atomic E-state index is 14.1. The Morgan fingerprint density at radius 3 is 2.83 bits per heavy atom. The first-order valence-corrected chi connectivity index (χ1v) is 9.07. The van der Waals surface area contributed by atoms with Gasteiger partial charge in [0.05, 0.1) is 35.1 Å². The summed E-state index contributed by atoms with van der Waals surface area (Å²) in [7, 11) is -3.34. The van der Waals surface area contributed by atoms with E-state index in [4.69, 9.17) is 11.6 Å². The number of halogens is 2. The first kappa shape index (κ1) is 14.7. The van der Waals surface area contributed by atoms with E-state index in [2.05, 4.69) is 4.98 Å². The van der Waals surface area contributed by atoms with Crippen LogP contribution in [-0.2, 0) is 10.0 Å². The van der Waals surface area contributed by atoms with E-state index in [1.54, 1.807) is 29.3 Å². The van der Waals surface area contributed by atoms with Crippen LogP contribution in [-0.4, -0.2) is 29.5 Å². The van der Waals surface area contributed by atoms with Gasteiger partial charge in [0.1, 0.15) is 5.15 Å². The van der Waals surface area contributed by atoms with Crippen molar-refractivity contribution in [2.45, 2.75) is 18.1 Å². The van der Waals surface area contributed by atoms with Crippen LogP contribution in [0.4, 0.5) is 10.1 Å². The van der Waals surface area contributed by atoms with Gasteiger partial charge >= 0.3 is 0 Å². The first-order chi connectivity index (χ1) is 11.0. The first-order valence-electron chi connectivity index (χ1n) is 7.19. The van der Waals surface area contributed by atoms with Crippen molar-refractivity contribution >= 4 is 27.3 Å². The molecule has 2 aliphatic heterocycles. The molecule has 8 heteroatoms. The van der Waals surface area contributed by atoms with Crippen LogP contribution in [0.2, 0.25) is 5.15 Å². The summed E-state index contributed by atoms with van der Waals surface area (Å²) in [6.45, 7) is 0.263. The second-order valence-electron chi connectivity index (χ2n) is 5.59. The summed E-state index contributed by atoms with van der Waals surface area (Å²) in [5, 5.41) is -0.116. The van der Waals surface area contributed by atoms with Gasteiger partial charge in [0.15, 0.2) is 5.82 Å². The number of aromatic nitrogens is 1. The van der Waals surface area contributed by atoms with E-state index < -0.39 is 15.8 Å². The topological polar surface area (TPSA) is 53.5 Å². The fraction of sp³-hybridized carbons (Fsp3) is 0.267. The van der Waals surface area contributed by atoms with Crippen LogP contribution in [0.15, 0.2) is 48.1 Å². The predicted octanol–water partition coefficient (Wildman–Crippen LogP) is 2.78. The lowest BCUT2D eigenvalue weighted by Crippen LogP contribution is -2.33. The lowest BCUT2D eigenvalue weighted by molar-refractivity contribution is 0.515. The standard InChI is InChI=1S/C15H13ClFN3O2S/c16-15-8-14(11(17)9-18-15)19-6-1-2-13-12(19)5-7-20(13)23(21,22)10-3-4-10/h1-2,5-6,8-10H,3-4,7H2. The van der Waals surface area contributed by atoms with Gasteiger partial charge in [-0.15, -0.1) is 0 Å².